The van der Waals surface area contributed by atoms with E-state index in [2.05, 4.69) is 17.5 Å². The van der Waals surface area contributed by atoms with Crippen molar-refractivity contribution in [2.75, 3.05) is 0 Å². The normalized spacial score (nSPS) is 22.7. The molecule has 0 aliphatic heterocycles. The van der Waals surface area contributed by atoms with Gasteiger partial charge in [-0.1, -0.05) is 51.1 Å². The maximum Gasteiger partial charge on any atom is 0.226 e. The molecular formula is C17H19N3O. The van der Waals surface area contributed by atoms with Gasteiger partial charge in [-0.05, 0) is 11.0 Å². The highest BCUT2D eigenvalue weighted by Crippen LogP contribution is 2.65. The zero-order valence-electron chi connectivity index (χ0n) is 12.6. The van der Waals surface area contributed by atoms with Crippen LogP contribution in [0.4, 0.5) is 0 Å². The van der Waals surface area contributed by atoms with Gasteiger partial charge in [0.2, 0.25) is 5.91 Å². The van der Waals surface area contributed by atoms with E-state index in [0.717, 1.165) is 5.56 Å². The molecule has 1 aromatic rings. The first kappa shape index (κ1) is 15.1. The first-order valence-corrected chi connectivity index (χ1v) is 7.01. The van der Waals surface area contributed by atoms with Gasteiger partial charge in [0.05, 0.1) is 18.1 Å². The van der Waals surface area contributed by atoms with Crippen molar-refractivity contribution in [3.05, 3.63) is 35.9 Å². The largest absolute Gasteiger partial charge is 0.352 e. The van der Waals surface area contributed by atoms with Gasteiger partial charge in [0.25, 0.3) is 0 Å². The van der Waals surface area contributed by atoms with Crippen molar-refractivity contribution in [2.45, 2.75) is 27.3 Å². The van der Waals surface area contributed by atoms with E-state index in [9.17, 15) is 15.3 Å². The van der Waals surface area contributed by atoms with Crippen LogP contribution in [0.2, 0.25) is 0 Å². The van der Waals surface area contributed by atoms with Gasteiger partial charge < -0.3 is 5.32 Å². The Morgan fingerprint density at radius 1 is 1.24 bits per heavy atom. The highest BCUT2D eigenvalue weighted by atomic mass is 16.2. The van der Waals surface area contributed by atoms with Gasteiger partial charge in [0.15, 0.2) is 5.41 Å². The van der Waals surface area contributed by atoms with Gasteiger partial charge in [-0.2, -0.15) is 10.5 Å². The third kappa shape index (κ3) is 2.62. The number of carbonyl (C=O) groups is 1. The first-order valence-electron chi connectivity index (χ1n) is 7.01. The minimum atomic E-state index is -1.18. The van der Waals surface area contributed by atoms with Crippen LogP contribution in [0.25, 0.3) is 0 Å². The van der Waals surface area contributed by atoms with Crippen molar-refractivity contribution in [1.29, 1.82) is 10.5 Å². The lowest BCUT2D eigenvalue weighted by atomic mass is 9.85. The van der Waals surface area contributed by atoms with Crippen molar-refractivity contribution in [1.82, 2.24) is 5.32 Å². The van der Waals surface area contributed by atoms with E-state index in [1.165, 1.54) is 0 Å². The summed E-state index contributed by atoms with van der Waals surface area (Å²) in [5.41, 5.74) is -0.433. The summed E-state index contributed by atoms with van der Waals surface area (Å²) < 4.78 is 0. The van der Waals surface area contributed by atoms with Crippen LogP contribution in [0, 0.1) is 45.3 Å². The molecular weight excluding hydrogens is 262 g/mol. The summed E-state index contributed by atoms with van der Waals surface area (Å²) >= 11 is 0. The quantitative estimate of drug-likeness (QED) is 0.925. The molecule has 1 aromatic carbocycles. The Balaban J connectivity index is 2.09. The minimum Gasteiger partial charge on any atom is -0.352 e. The van der Waals surface area contributed by atoms with Crippen LogP contribution < -0.4 is 5.32 Å². The fourth-order valence-electron chi connectivity index (χ4n) is 3.13. The third-order valence-electron chi connectivity index (χ3n) is 4.10. The predicted octanol–water partition coefficient (Wildman–Crippen LogP) is 2.63. The summed E-state index contributed by atoms with van der Waals surface area (Å²) in [7, 11) is 0. The molecule has 0 bridgehead atoms. The Morgan fingerprint density at radius 3 is 2.24 bits per heavy atom. The Labute approximate surface area is 125 Å². The number of amides is 1. The zero-order valence-corrected chi connectivity index (χ0v) is 12.6. The van der Waals surface area contributed by atoms with E-state index in [0.29, 0.717) is 6.54 Å². The Kier molecular flexibility index (Phi) is 3.75. The zero-order chi connectivity index (χ0) is 15.7. The maximum atomic E-state index is 12.4. The van der Waals surface area contributed by atoms with Crippen molar-refractivity contribution < 1.29 is 4.79 Å². The van der Waals surface area contributed by atoms with E-state index in [1.807, 2.05) is 51.1 Å². The van der Waals surface area contributed by atoms with Gasteiger partial charge in [-0.25, -0.2) is 0 Å². The standard InChI is InChI=1S/C17H19N3O/c1-16(2,3)14-13(17(14,10-18)11-19)15(21)20-9-12-7-5-4-6-8-12/h4-8,13-14H,9H2,1-3H3,(H,20,21)/t13-,14-/m0/s1. The molecule has 4 heteroatoms. The Bertz CT molecular complexity index is 602. The fourth-order valence-corrected chi connectivity index (χ4v) is 3.13. The number of rotatable bonds is 3. The van der Waals surface area contributed by atoms with Gasteiger partial charge in [-0.3, -0.25) is 4.79 Å². The first-order chi connectivity index (χ1) is 9.86. The molecule has 2 rings (SSSR count). The summed E-state index contributed by atoms with van der Waals surface area (Å²) in [6, 6.07) is 13.7. The molecule has 1 fully saturated rings. The molecule has 2 atom stereocenters. The second-order valence-corrected chi connectivity index (χ2v) is 6.62. The van der Waals surface area contributed by atoms with Crippen LogP contribution in [-0.2, 0) is 11.3 Å². The molecule has 0 saturated heterocycles. The molecule has 1 aliphatic rings. The van der Waals surface area contributed by atoms with Gasteiger partial charge >= 0.3 is 0 Å². The Morgan fingerprint density at radius 2 is 1.81 bits per heavy atom. The summed E-state index contributed by atoms with van der Waals surface area (Å²) in [4.78, 5) is 12.4. The lowest BCUT2D eigenvalue weighted by molar-refractivity contribution is -0.123. The van der Waals surface area contributed by atoms with Gasteiger partial charge in [0.1, 0.15) is 0 Å². The van der Waals surface area contributed by atoms with Crippen molar-refractivity contribution in [3.63, 3.8) is 0 Å². The number of nitrogens with one attached hydrogen (secondary N) is 1. The number of hydrogen-bond donors (Lipinski definition) is 1. The molecule has 0 radical (unpaired) electrons. The fraction of sp³-hybridized carbons (Fsp3) is 0.471. The average molecular weight is 281 g/mol. The van der Waals surface area contributed by atoms with E-state index >= 15 is 0 Å². The van der Waals surface area contributed by atoms with E-state index < -0.39 is 11.3 Å². The van der Waals surface area contributed by atoms with Crippen molar-refractivity contribution in [2.24, 2.45) is 22.7 Å². The number of nitriles is 2. The maximum absolute atomic E-state index is 12.4. The van der Waals surface area contributed by atoms with Crippen LogP contribution in [0.15, 0.2) is 30.3 Å². The van der Waals surface area contributed by atoms with Crippen molar-refractivity contribution in [3.8, 4) is 12.1 Å². The van der Waals surface area contributed by atoms with Crippen LogP contribution >= 0.6 is 0 Å². The van der Waals surface area contributed by atoms with Crippen LogP contribution in [0.3, 0.4) is 0 Å². The smallest absolute Gasteiger partial charge is 0.226 e. The molecule has 0 heterocycles. The third-order valence-corrected chi connectivity index (χ3v) is 4.10. The molecule has 0 unspecified atom stereocenters. The summed E-state index contributed by atoms with van der Waals surface area (Å²) in [5.74, 6) is -0.978. The number of hydrogen-bond acceptors (Lipinski definition) is 3. The molecule has 1 aliphatic carbocycles. The second kappa shape index (κ2) is 5.22. The van der Waals surface area contributed by atoms with E-state index in [4.69, 9.17) is 0 Å². The Hall–Kier alpha value is -2.33. The minimum absolute atomic E-state index is 0.207. The summed E-state index contributed by atoms with van der Waals surface area (Å²) in [6.45, 7) is 6.31. The van der Waals surface area contributed by atoms with Crippen LogP contribution in [-0.4, -0.2) is 5.91 Å². The monoisotopic (exact) mass is 281 g/mol. The van der Waals surface area contributed by atoms with E-state index in [-0.39, 0.29) is 17.2 Å². The SMILES string of the molecule is CC(C)(C)[C@@H]1[C@@H](C(=O)NCc2ccccc2)C1(C#N)C#N. The topological polar surface area (TPSA) is 76.7 Å². The lowest BCUT2D eigenvalue weighted by Gasteiger charge is -2.18. The number of carbonyl (C=O) groups excluding carboxylic acids is 1. The summed E-state index contributed by atoms with van der Waals surface area (Å²) in [6.07, 6.45) is 0. The highest BCUT2D eigenvalue weighted by Gasteiger charge is 2.73. The molecule has 4 nitrogen and oxygen atoms in total. The molecule has 0 spiro atoms. The van der Waals surface area contributed by atoms with Crippen LogP contribution in [0.1, 0.15) is 26.3 Å². The molecule has 1 N–H and O–H groups in total. The molecule has 21 heavy (non-hydrogen) atoms. The molecule has 1 amide bonds. The molecule has 1 saturated carbocycles. The van der Waals surface area contributed by atoms with Crippen LogP contribution in [0.5, 0.6) is 0 Å². The number of benzene rings is 1. The highest BCUT2D eigenvalue weighted by molar-refractivity contribution is 5.85. The molecule has 108 valence electrons. The van der Waals surface area contributed by atoms with Gasteiger partial charge in [-0.15, -0.1) is 0 Å². The second-order valence-electron chi connectivity index (χ2n) is 6.62. The summed E-state index contributed by atoms with van der Waals surface area (Å²) in [5, 5.41) is 21.5. The lowest BCUT2D eigenvalue weighted by Crippen LogP contribution is -2.27. The van der Waals surface area contributed by atoms with Gasteiger partial charge in [0, 0.05) is 12.5 Å². The average Bonchev–Trinajstić information content (AvgIpc) is 3.16. The van der Waals surface area contributed by atoms with E-state index in [1.54, 1.807) is 0 Å². The number of nitrogens with zero attached hydrogens (tertiary/aromatic N) is 2. The predicted molar refractivity (Wildman–Crippen MR) is 78.4 cm³/mol. The van der Waals surface area contributed by atoms with Crippen molar-refractivity contribution >= 4 is 5.91 Å². The molecule has 0 aromatic heterocycles.